The Hall–Kier alpha value is -2.50. The molecule has 1 aromatic carbocycles. The molecule has 6 nitrogen and oxygen atoms in total. The third-order valence-electron chi connectivity index (χ3n) is 5.09. The molecular formula is C18H20N4O2. The molecular weight excluding hydrogens is 304 g/mol. The van der Waals surface area contributed by atoms with E-state index < -0.39 is 0 Å². The average molecular weight is 324 g/mol. The summed E-state index contributed by atoms with van der Waals surface area (Å²) < 4.78 is 7.55. The number of ether oxygens (including phenoxy) is 1. The Bertz CT molecular complexity index is 824. The van der Waals surface area contributed by atoms with Gasteiger partial charge < -0.3 is 14.5 Å². The summed E-state index contributed by atoms with van der Waals surface area (Å²) in [5.41, 5.74) is 3.73. The number of hydrogen-bond acceptors (Lipinski definition) is 4. The molecule has 1 amide bonds. The van der Waals surface area contributed by atoms with Crippen LogP contribution in [0.5, 0.6) is 5.75 Å². The van der Waals surface area contributed by atoms with Crippen LogP contribution in [-0.4, -0.2) is 41.9 Å². The molecule has 6 heteroatoms. The van der Waals surface area contributed by atoms with Gasteiger partial charge in [0.05, 0.1) is 23.5 Å². The molecule has 5 rings (SSSR count). The second-order valence-corrected chi connectivity index (χ2v) is 6.79. The van der Waals surface area contributed by atoms with E-state index in [1.165, 1.54) is 0 Å². The van der Waals surface area contributed by atoms with Crippen LogP contribution in [0.3, 0.4) is 0 Å². The van der Waals surface area contributed by atoms with E-state index in [1.54, 1.807) is 4.68 Å². The Morgan fingerprint density at radius 3 is 2.96 bits per heavy atom. The molecule has 2 aromatic rings. The SMILES string of the molecule is Cn1cc(C(=O)N2CCN3CCOc4cccc2c43)c(C2CC2)n1. The van der Waals surface area contributed by atoms with Crippen molar-refractivity contribution in [3.63, 3.8) is 0 Å². The zero-order valence-corrected chi connectivity index (χ0v) is 13.7. The first kappa shape index (κ1) is 13.9. The highest BCUT2D eigenvalue weighted by atomic mass is 16.5. The van der Waals surface area contributed by atoms with Crippen molar-refractivity contribution in [2.45, 2.75) is 18.8 Å². The molecule has 2 aliphatic heterocycles. The zero-order chi connectivity index (χ0) is 16.3. The van der Waals surface area contributed by atoms with Gasteiger partial charge in [0.2, 0.25) is 0 Å². The van der Waals surface area contributed by atoms with Crippen molar-refractivity contribution in [1.29, 1.82) is 0 Å². The van der Waals surface area contributed by atoms with Crippen molar-refractivity contribution in [2.24, 2.45) is 7.05 Å². The molecule has 0 saturated heterocycles. The zero-order valence-electron chi connectivity index (χ0n) is 13.7. The van der Waals surface area contributed by atoms with Gasteiger partial charge in [-0.3, -0.25) is 9.48 Å². The van der Waals surface area contributed by atoms with Crippen molar-refractivity contribution in [3.8, 4) is 5.75 Å². The van der Waals surface area contributed by atoms with E-state index in [0.29, 0.717) is 19.1 Å². The van der Waals surface area contributed by atoms with Crippen LogP contribution in [-0.2, 0) is 7.05 Å². The van der Waals surface area contributed by atoms with Crippen molar-refractivity contribution in [1.82, 2.24) is 9.78 Å². The highest BCUT2D eigenvalue weighted by molar-refractivity contribution is 6.09. The number of carbonyl (C=O) groups is 1. The third kappa shape index (κ3) is 2.02. The molecule has 0 unspecified atom stereocenters. The van der Waals surface area contributed by atoms with Crippen LogP contribution in [0.1, 0.15) is 34.8 Å². The number of aryl methyl sites for hydroxylation is 1. The first-order valence-corrected chi connectivity index (χ1v) is 8.58. The van der Waals surface area contributed by atoms with Gasteiger partial charge in [0.1, 0.15) is 18.0 Å². The van der Waals surface area contributed by atoms with E-state index >= 15 is 0 Å². The smallest absolute Gasteiger partial charge is 0.261 e. The maximum atomic E-state index is 13.3. The van der Waals surface area contributed by atoms with Gasteiger partial charge in [0.25, 0.3) is 5.91 Å². The van der Waals surface area contributed by atoms with Gasteiger partial charge in [0.15, 0.2) is 0 Å². The molecule has 0 spiro atoms. The molecule has 0 N–H and O–H groups in total. The van der Waals surface area contributed by atoms with Crippen molar-refractivity contribution < 1.29 is 9.53 Å². The predicted molar refractivity (Wildman–Crippen MR) is 91.0 cm³/mol. The number of rotatable bonds is 2. The third-order valence-corrected chi connectivity index (χ3v) is 5.09. The largest absolute Gasteiger partial charge is 0.489 e. The summed E-state index contributed by atoms with van der Waals surface area (Å²) in [7, 11) is 1.89. The highest BCUT2D eigenvalue weighted by Gasteiger charge is 2.36. The molecule has 124 valence electrons. The van der Waals surface area contributed by atoms with E-state index in [-0.39, 0.29) is 5.91 Å². The van der Waals surface area contributed by atoms with Gasteiger partial charge in [-0.25, -0.2) is 0 Å². The minimum atomic E-state index is 0.0589. The summed E-state index contributed by atoms with van der Waals surface area (Å²) >= 11 is 0. The van der Waals surface area contributed by atoms with E-state index in [4.69, 9.17) is 4.74 Å². The fourth-order valence-electron chi connectivity index (χ4n) is 3.79. The minimum absolute atomic E-state index is 0.0589. The number of para-hydroxylation sites is 1. The van der Waals surface area contributed by atoms with Crippen LogP contribution in [0, 0.1) is 0 Å². The van der Waals surface area contributed by atoms with Crippen molar-refractivity contribution in [3.05, 3.63) is 35.7 Å². The maximum Gasteiger partial charge on any atom is 0.261 e. The van der Waals surface area contributed by atoms with Crippen molar-refractivity contribution in [2.75, 3.05) is 36.0 Å². The number of amides is 1. The standard InChI is InChI=1S/C18H20N4O2/c1-20-11-13(16(19-20)12-5-6-12)18(23)22-8-7-21-9-10-24-15-4-2-3-14(22)17(15)21/h2-4,11-12H,5-10H2,1H3. The number of anilines is 2. The fourth-order valence-corrected chi connectivity index (χ4v) is 3.79. The predicted octanol–water partition coefficient (Wildman–Crippen LogP) is 2.16. The molecule has 0 radical (unpaired) electrons. The number of carbonyl (C=O) groups excluding carboxylic acids is 1. The summed E-state index contributed by atoms with van der Waals surface area (Å²) in [6.07, 6.45) is 4.15. The average Bonchev–Trinajstić information content (AvgIpc) is 3.37. The minimum Gasteiger partial charge on any atom is -0.489 e. The monoisotopic (exact) mass is 324 g/mol. The van der Waals surface area contributed by atoms with E-state index in [9.17, 15) is 4.79 Å². The summed E-state index contributed by atoms with van der Waals surface area (Å²) in [6.45, 7) is 3.14. The Morgan fingerprint density at radius 1 is 1.25 bits per heavy atom. The van der Waals surface area contributed by atoms with Crippen LogP contribution < -0.4 is 14.5 Å². The van der Waals surface area contributed by atoms with Gasteiger partial charge in [-0.2, -0.15) is 5.10 Å². The van der Waals surface area contributed by atoms with Crippen LogP contribution in [0.2, 0.25) is 0 Å². The Morgan fingerprint density at radius 2 is 2.12 bits per heavy atom. The topological polar surface area (TPSA) is 50.6 Å². The summed E-state index contributed by atoms with van der Waals surface area (Å²) in [5.74, 6) is 1.40. The lowest BCUT2D eigenvalue weighted by Crippen LogP contribution is -2.47. The highest BCUT2D eigenvalue weighted by Crippen LogP contribution is 2.44. The lowest BCUT2D eigenvalue weighted by molar-refractivity contribution is 0.0985. The summed E-state index contributed by atoms with van der Waals surface area (Å²) in [5, 5.41) is 4.54. The molecule has 1 saturated carbocycles. The van der Waals surface area contributed by atoms with Crippen molar-refractivity contribution >= 4 is 17.3 Å². The maximum absolute atomic E-state index is 13.3. The fraction of sp³-hybridized carbons (Fsp3) is 0.444. The number of nitrogens with zero attached hydrogens (tertiary/aromatic N) is 4. The first-order valence-electron chi connectivity index (χ1n) is 8.58. The van der Waals surface area contributed by atoms with Crippen LogP contribution >= 0.6 is 0 Å². The molecule has 24 heavy (non-hydrogen) atoms. The normalized spacial score (nSPS) is 19.0. The van der Waals surface area contributed by atoms with Gasteiger partial charge in [-0.05, 0) is 25.0 Å². The Labute approximate surface area is 140 Å². The molecule has 3 aliphatic rings. The molecule has 0 bridgehead atoms. The quantitative estimate of drug-likeness (QED) is 0.849. The van der Waals surface area contributed by atoms with Gasteiger partial charge in [0, 0.05) is 32.3 Å². The molecule has 1 fully saturated rings. The number of hydrogen-bond donors (Lipinski definition) is 0. The van der Waals surface area contributed by atoms with E-state index in [1.807, 2.05) is 36.3 Å². The van der Waals surface area contributed by atoms with E-state index in [2.05, 4.69) is 10.00 Å². The molecule has 1 aliphatic carbocycles. The first-order chi connectivity index (χ1) is 11.7. The second kappa shape index (κ2) is 5.00. The Balaban J connectivity index is 1.57. The van der Waals surface area contributed by atoms with Crippen LogP contribution in [0.15, 0.2) is 24.4 Å². The molecule has 1 aromatic heterocycles. The number of benzene rings is 1. The summed E-state index contributed by atoms with van der Waals surface area (Å²) in [4.78, 5) is 17.5. The summed E-state index contributed by atoms with van der Waals surface area (Å²) in [6, 6.07) is 5.97. The second-order valence-electron chi connectivity index (χ2n) is 6.79. The lowest BCUT2D eigenvalue weighted by atomic mass is 10.1. The molecule has 0 atom stereocenters. The van der Waals surface area contributed by atoms with Gasteiger partial charge >= 0.3 is 0 Å². The number of aromatic nitrogens is 2. The Kier molecular flexibility index (Phi) is 2.89. The van der Waals surface area contributed by atoms with Gasteiger partial charge in [-0.15, -0.1) is 0 Å². The molecule has 3 heterocycles. The van der Waals surface area contributed by atoms with Crippen LogP contribution in [0.4, 0.5) is 11.4 Å². The lowest BCUT2D eigenvalue weighted by Gasteiger charge is -2.40. The van der Waals surface area contributed by atoms with Crippen LogP contribution in [0.25, 0.3) is 0 Å². The van der Waals surface area contributed by atoms with E-state index in [0.717, 1.165) is 54.3 Å². The van der Waals surface area contributed by atoms with Gasteiger partial charge in [-0.1, -0.05) is 6.07 Å².